The maximum atomic E-state index is 5.85. The lowest BCUT2D eigenvalue weighted by Crippen LogP contribution is -2.36. The van der Waals surface area contributed by atoms with Crippen molar-refractivity contribution in [2.75, 3.05) is 37.8 Å². The number of rotatable bonds is 3. The molecule has 88 valence electrons. The first-order chi connectivity index (χ1) is 7.81. The average molecular weight is 244 g/mol. The standard InChI is InChI=1S/C10H14ClN3O2/c1-2-16-10-8(7-9(11)12-13-10)14-3-5-15-6-4-14/h7H,2-6H2,1H3. The van der Waals surface area contributed by atoms with E-state index in [9.17, 15) is 0 Å². The van der Waals surface area contributed by atoms with Gasteiger partial charge in [0, 0.05) is 19.2 Å². The molecule has 1 aromatic rings. The molecule has 0 saturated carbocycles. The lowest BCUT2D eigenvalue weighted by Gasteiger charge is -2.29. The fraction of sp³-hybridized carbons (Fsp3) is 0.600. The summed E-state index contributed by atoms with van der Waals surface area (Å²) in [6.45, 7) is 5.55. The summed E-state index contributed by atoms with van der Waals surface area (Å²) in [6.07, 6.45) is 0. The van der Waals surface area contributed by atoms with Gasteiger partial charge in [0.25, 0.3) is 5.88 Å². The number of hydrogen-bond acceptors (Lipinski definition) is 5. The summed E-state index contributed by atoms with van der Waals surface area (Å²) in [7, 11) is 0. The van der Waals surface area contributed by atoms with Crippen LogP contribution in [0.1, 0.15) is 6.92 Å². The molecule has 1 fully saturated rings. The van der Waals surface area contributed by atoms with E-state index >= 15 is 0 Å². The van der Waals surface area contributed by atoms with Crippen LogP contribution in [0.25, 0.3) is 0 Å². The Hall–Kier alpha value is -1.07. The van der Waals surface area contributed by atoms with Crippen LogP contribution in [0.2, 0.25) is 5.15 Å². The summed E-state index contributed by atoms with van der Waals surface area (Å²) in [6, 6.07) is 1.78. The van der Waals surface area contributed by atoms with Gasteiger partial charge >= 0.3 is 0 Å². The molecular formula is C10H14ClN3O2. The highest BCUT2D eigenvalue weighted by atomic mass is 35.5. The van der Waals surface area contributed by atoms with E-state index in [0.29, 0.717) is 30.9 Å². The van der Waals surface area contributed by atoms with Crippen LogP contribution < -0.4 is 9.64 Å². The molecule has 0 spiro atoms. The zero-order chi connectivity index (χ0) is 11.4. The summed E-state index contributed by atoms with van der Waals surface area (Å²) >= 11 is 5.85. The van der Waals surface area contributed by atoms with E-state index in [1.807, 2.05) is 6.92 Å². The molecule has 1 saturated heterocycles. The second kappa shape index (κ2) is 5.32. The van der Waals surface area contributed by atoms with E-state index in [4.69, 9.17) is 21.1 Å². The summed E-state index contributed by atoms with van der Waals surface area (Å²) in [5.41, 5.74) is 0.894. The van der Waals surface area contributed by atoms with E-state index in [1.54, 1.807) is 6.07 Å². The van der Waals surface area contributed by atoms with Gasteiger partial charge in [-0.15, -0.1) is 10.2 Å². The van der Waals surface area contributed by atoms with Gasteiger partial charge in [-0.25, -0.2) is 0 Å². The number of halogens is 1. The quantitative estimate of drug-likeness (QED) is 0.802. The van der Waals surface area contributed by atoms with Gasteiger partial charge in [0.1, 0.15) is 5.69 Å². The van der Waals surface area contributed by atoms with Gasteiger partial charge in [-0.3, -0.25) is 0 Å². The Kier molecular flexibility index (Phi) is 3.79. The predicted octanol–water partition coefficient (Wildman–Crippen LogP) is 1.37. The molecule has 2 rings (SSSR count). The topological polar surface area (TPSA) is 47.5 Å². The van der Waals surface area contributed by atoms with Gasteiger partial charge < -0.3 is 14.4 Å². The Morgan fingerprint density at radius 1 is 1.44 bits per heavy atom. The minimum absolute atomic E-state index is 0.380. The van der Waals surface area contributed by atoms with Crippen LogP contribution in [0.3, 0.4) is 0 Å². The molecule has 2 heterocycles. The zero-order valence-corrected chi connectivity index (χ0v) is 9.90. The number of anilines is 1. The molecule has 0 N–H and O–H groups in total. The molecule has 0 aromatic carbocycles. The summed E-state index contributed by atoms with van der Waals surface area (Å²) < 4.78 is 10.7. The number of morpholine rings is 1. The number of ether oxygens (including phenoxy) is 2. The third kappa shape index (κ3) is 2.54. The van der Waals surface area contributed by atoms with Crippen molar-refractivity contribution in [3.8, 4) is 5.88 Å². The van der Waals surface area contributed by atoms with Crippen LogP contribution in [0.5, 0.6) is 5.88 Å². The highest BCUT2D eigenvalue weighted by molar-refractivity contribution is 6.29. The van der Waals surface area contributed by atoms with Crippen molar-refractivity contribution >= 4 is 17.3 Å². The fourth-order valence-electron chi connectivity index (χ4n) is 1.62. The Balaban J connectivity index is 2.24. The summed E-state index contributed by atoms with van der Waals surface area (Å²) in [5.74, 6) is 0.536. The smallest absolute Gasteiger partial charge is 0.257 e. The third-order valence-electron chi connectivity index (χ3n) is 2.34. The molecule has 6 heteroatoms. The van der Waals surface area contributed by atoms with Crippen LogP contribution in [0.15, 0.2) is 6.07 Å². The van der Waals surface area contributed by atoms with E-state index in [1.165, 1.54) is 0 Å². The summed E-state index contributed by atoms with van der Waals surface area (Å²) in [5, 5.41) is 8.12. The van der Waals surface area contributed by atoms with Crippen molar-refractivity contribution in [2.45, 2.75) is 6.92 Å². The second-order valence-electron chi connectivity index (χ2n) is 3.39. The average Bonchev–Trinajstić information content (AvgIpc) is 2.33. The molecule has 16 heavy (non-hydrogen) atoms. The Morgan fingerprint density at radius 2 is 2.19 bits per heavy atom. The molecule has 0 atom stereocenters. The minimum atomic E-state index is 0.380. The molecule has 0 radical (unpaired) electrons. The monoisotopic (exact) mass is 243 g/mol. The number of aromatic nitrogens is 2. The van der Waals surface area contributed by atoms with Crippen molar-refractivity contribution in [1.82, 2.24) is 10.2 Å². The largest absolute Gasteiger partial charge is 0.475 e. The van der Waals surface area contributed by atoms with Crippen molar-refractivity contribution < 1.29 is 9.47 Å². The third-order valence-corrected chi connectivity index (χ3v) is 2.53. The Labute approximate surface area is 99.3 Å². The fourth-order valence-corrected chi connectivity index (χ4v) is 1.76. The Morgan fingerprint density at radius 3 is 2.88 bits per heavy atom. The molecule has 0 aliphatic carbocycles. The highest BCUT2D eigenvalue weighted by Crippen LogP contribution is 2.28. The SMILES string of the molecule is CCOc1nnc(Cl)cc1N1CCOCC1. The normalized spacial score (nSPS) is 16.2. The van der Waals surface area contributed by atoms with Gasteiger partial charge in [0.2, 0.25) is 0 Å². The lowest BCUT2D eigenvalue weighted by molar-refractivity contribution is 0.122. The van der Waals surface area contributed by atoms with Gasteiger partial charge in [-0.2, -0.15) is 0 Å². The van der Waals surface area contributed by atoms with Crippen molar-refractivity contribution in [3.63, 3.8) is 0 Å². The van der Waals surface area contributed by atoms with Crippen molar-refractivity contribution in [2.24, 2.45) is 0 Å². The molecule has 0 unspecified atom stereocenters. The first-order valence-electron chi connectivity index (χ1n) is 5.30. The number of nitrogens with zero attached hydrogens (tertiary/aromatic N) is 3. The van der Waals surface area contributed by atoms with Crippen molar-refractivity contribution in [1.29, 1.82) is 0 Å². The maximum absolute atomic E-state index is 5.85. The molecule has 0 amide bonds. The second-order valence-corrected chi connectivity index (χ2v) is 3.78. The molecule has 5 nitrogen and oxygen atoms in total. The first kappa shape index (κ1) is 11.4. The lowest BCUT2D eigenvalue weighted by atomic mass is 10.3. The molecule has 1 aromatic heterocycles. The van der Waals surface area contributed by atoms with Gasteiger partial charge in [-0.1, -0.05) is 11.6 Å². The van der Waals surface area contributed by atoms with E-state index in [2.05, 4.69) is 15.1 Å². The molecular weight excluding hydrogens is 230 g/mol. The van der Waals surface area contributed by atoms with Crippen LogP contribution >= 0.6 is 11.6 Å². The van der Waals surface area contributed by atoms with Crippen LogP contribution in [-0.2, 0) is 4.74 Å². The van der Waals surface area contributed by atoms with Gasteiger partial charge in [-0.05, 0) is 6.92 Å². The molecule has 1 aliphatic heterocycles. The van der Waals surface area contributed by atoms with Crippen LogP contribution in [-0.4, -0.2) is 43.1 Å². The van der Waals surface area contributed by atoms with E-state index < -0.39 is 0 Å². The van der Waals surface area contributed by atoms with Gasteiger partial charge in [0.15, 0.2) is 5.15 Å². The van der Waals surface area contributed by atoms with Gasteiger partial charge in [0.05, 0.1) is 19.8 Å². The first-order valence-corrected chi connectivity index (χ1v) is 5.67. The molecule has 1 aliphatic rings. The van der Waals surface area contributed by atoms with Crippen LogP contribution in [0, 0.1) is 0 Å². The maximum Gasteiger partial charge on any atom is 0.257 e. The number of hydrogen-bond donors (Lipinski definition) is 0. The zero-order valence-electron chi connectivity index (χ0n) is 9.15. The predicted molar refractivity (Wildman–Crippen MR) is 61.2 cm³/mol. The highest BCUT2D eigenvalue weighted by Gasteiger charge is 2.17. The van der Waals surface area contributed by atoms with Crippen molar-refractivity contribution in [3.05, 3.63) is 11.2 Å². The van der Waals surface area contributed by atoms with Crippen LogP contribution in [0.4, 0.5) is 5.69 Å². The van der Waals surface area contributed by atoms with E-state index in [0.717, 1.165) is 18.8 Å². The Bertz CT molecular complexity index is 356. The summed E-state index contributed by atoms with van der Waals surface area (Å²) in [4.78, 5) is 2.15. The molecule has 0 bridgehead atoms. The minimum Gasteiger partial charge on any atom is -0.475 e. The van der Waals surface area contributed by atoms with E-state index in [-0.39, 0.29) is 0 Å².